The average molecular weight is 629 g/mol. The minimum atomic E-state index is -2.65. The summed E-state index contributed by atoms with van der Waals surface area (Å²) in [6, 6.07) is 36.9. The number of hydrogen-bond acceptors (Lipinski definition) is 0. The molecule has 4 aromatic carbocycles. The summed E-state index contributed by atoms with van der Waals surface area (Å²) in [5.41, 5.74) is 13.1. The Morgan fingerprint density at radius 1 is 0.692 bits per heavy atom. The Labute approximate surface area is 253 Å². The molecule has 0 atom stereocenters. The van der Waals surface area contributed by atoms with Crippen molar-refractivity contribution >= 4 is 3.21 Å². The summed E-state index contributed by atoms with van der Waals surface area (Å²) in [7, 11) is 0. The Morgan fingerprint density at radius 2 is 1.18 bits per heavy atom. The van der Waals surface area contributed by atoms with Crippen molar-refractivity contribution in [2.75, 3.05) is 0 Å². The molecule has 0 amide bonds. The molecule has 0 nitrogen and oxygen atoms in total. The van der Waals surface area contributed by atoms with E-state index in [4.69, 9.17) is 0 Å². The van der Waals surface area contributed by atoms with Gasteiger partial charge in [-0.25, -0.2) is 0 Å². The van der Waals surface area contributed by atoms with E-state index < -0.39 is 21.3 Å². The van der Waals surface area contributed by atoms with E-state index in [0.29, 0.717) is 9.54 Å². The van der Waals surface area contributed by atoms with Gasteiger partial charge in [0.05, 0.1) is 0 Å². The van der Waals surface area contributed by atoms with Crippen molar-refractivity contribution in [2.24, 2.45) is 5.92 Å². The SMILES string of the molecule is Cc1ccc2c(c1)[CH]([Zr+2]([C]1=C(C(C)C)C=CC1)=[C](c1ccccc1)c1ccccc1)c1cc(C)ccc1-2.[Cl-].[Cl-]. The van der Waals surface area contributed by atoms with E-state index in [-0.39, 0.29) is 24.8 Å². The molecule has 0 saturated carbocycles. The van der Waals surface area contributed by atoms with Gasteiger partial charge in [-0.05, 0) is 0 Å². The predicted molar refractivity (Wildman–Crippen MR) is 155 cm³/mol. The molecule has 0 aliphatic heterocycles. The number of aryl methyl sites for hydroxylation is 2. The first-order valence-electron chi connectivity index (χ1n) is 13.5. The summed E-state index contributed by atoms with van der Waals surface area (Å²) in [5.74, 6) is 0.535. The van der Waals surface area contributed by atoms with E-state index >= 15 is 0 Å². The van der Waals surface area contributed by atoms with Crippen LogP contribution in [0.2, 0.25) is 0 Å². The minimum absolute atomic E-state index is 0. The first-order valence-corrected chi connectivity index (χ1v) is 17.4. The third-order valence-electron chi connectivity index (χ3n) is 7.92. The van der Waals surface area contributed by atoms with E-state index in [9.17, 15) is 0 Å². The maximum atomic E-state index is 2.50. The molecule has 0 bridgehead atoms. The number of benzene rings is 4. The molecule has 0 heterocycles. The van der Waals surface area contributed by atoms with Crippen LogP contribution in [0.3, 0.4) is 0 Å². The second-order valence-corrected chi connectivity index (χ2v) is 17.0. The second kappa shape index (κ2) is 12.5. The van der Waals surface area contributed by atoms with E-state index in [1.54, 1.807) is 23.2 Å². The number of allylic oxidation sites excluding steroid dienone is 4. The Bertz CT molecular complexity index is 1480. The zero-order valence-electron chi connectivity index (χ0n) is 23.0. The molecule has 3 heteroatoms. The fourth-order valence-electron chi connectivity index (χ4n) is 6.30. The summed E-state index contributed by atoms with van der Waals surface area (Å²) in [4.78, 5) is 0. The van der Waals surface area contributed by atoms with Crippen LogP contribution in [-0.4, -0.2) is 3.21 Å². The molecule has 0 saturated heterocycles. The number of fused-ring (bicyclic) bond motifs is 3. The van der Waals surface area contributed by atoms with Gasteiger partial charge in [0.25, 0.3) is 0 Å². The van der Waals surface area contributed by atoms with E-state index in [0.717, 1.165) is 6.42 Å². The van der Waals surface area contributed by atoms with E-state index in [1.165, 1.54) is 33.4 Å². The monoisotopic (exact) mass is 626 g/mol. The van der Waals surface area contributed by atoms with Crippen molar-refractivity contribution in [1.82, 2.24) is 0 Å². The third-order valence-corrected chi connectivity index (χ3v) is 16.4. The van der Waals surface area contributed by atoms with Crippen LogP contribution < -0.4 is 24.8 Å². The molecule has 2 aliphatic carbocycles. The second-order valence-electron chi connectivity index (χ2n) is 10.8. The molecule has 0 spiro atoms. The van der Waals surface area contributed by atoms with Gasteiger partial charge in [0.15, 0.2) is 0 Å². The smallest absolute Gasteiger partial charge is 1.00 e. The van der Waals surface area contributed by atoms with Crippen LogP contribution in [0, 0.1) is 19.8 Å². The summed E-state index contributed by atoms with van der Waals surface area (Å²) >= 11 is -2.65. The predicted octanol–water partition coefficient (Wildman–Crippen LogP) is 3.14. The van der Waals surface area contributed by atoms with Gasteiger partial charge in [0, 0.05) is 0 Å². The molecule has 2 aliphatic rings. The molecule has 39 heavy (non-hydrogen) atoms. The van der Waals surface area contributed by atoms with Gasteiger partial charge < -0.3 is 24.8 Å². The maximum Gasteiger partial charge on any atom is -1.00 e. The van der Waals surface area contributed by atoms with Gasteiger partial charge in [0.1, 0.15) is 0 Å². The molecule has 4 aromatic rings. The van der Waals surface area contributed by atoms with Crippen LogP contribution in [0.1, 0.15) is 57.3 Å². The molecule has 6 rings (SSSR count). The van der Waals surface area contributed by atoms with Gasteiger partial charge in [-0.15, -0.1) is 0 Å². The van der Waals surface area contributed by atoms with Crippen molar-refractivity contribution < 1.29 is 46.1 Å². The van der Waals surface area contributed by atoms with E-state index in [1.807, 2.05) is 0 Å². The van der Waals surface area contributed by atoms with Crippen LogP contribution in [0.5, 0.6) is 0 Å². The molecule has 0 fully saturated rings. The van der Waals surface area contributed by atoms with Crippen molar-refractivity contribution in [2.45, 2.75) is 37.7 Å². The summed E-state index contributed by atoms with van der Waals surface area (Å²) in [5, 5.41) is 0. The van der Waals surface area contributed by atoms with Crippen molar-refractivity contribution in [1.29, 1.82) is 0 Å². The van der Waals surface area contributed by atoms with Gasteiger partial charge in [-0.3, -0.25) is 0 Å². The van der Waals surface area contributed by atoms with Crippen molar-refractivity contribution in [3.05, 3.63) is 151 Å². The van der Waals surface area contributed by atoms with Gasteiger partial charge in [0.2, 0.25) is 0 Å². The first-order chi connectivity index (χ1) is 18.0. The number of hydrogen-bond donors (Lipinski definition) is 0. The molecular weight excluding hydrogens is 595 g/mol. The van der Waals surface area contributed by atoms with Gasteiger partial charge in [-0.2, -0.15) is 0 Å². The first kappa shape index (κ1) is 29.7. The quantitative estimate of drug-likeness (QED) is 0.319. The van der Waals surface area contributed by atoms with Crippen molar-refractivity contribution in [3.63, 3.8) is 0 Å². The molecule has 0 radical (unpaired) electrons. The molecule has 0 aromatic heterocycles. The average Bonchev–Trinajstić information content (AvgIpc) is 3.51. The molecule has 0 N–H and O–H groups in total. The topological polar surface area (TPSA) is 0 Å². The van der Waals surface area contributed by atoms with E-state index in [2.05, 4.69) is 137 Å². The summed E-state index contributed by atoms with van der Waals surface area (Å²) in [6.45, 7) is 9.26. The van der Waals surface area contributed by atoms with Crippen LogP contribution in [0.15, 0.2) is 118 Å². The van der Waals surface area contributed by atoms with Crippen LogP contribution in [0.25, 0.3) is 11.1 Å². The van der Waals surface area contributed by atoms with Gasteiger partial charge in [-0.1, -0.05) is 0 Å². The largest absolute Gasteiger partial charge is 1.00 e. The number of halogens is 2. The van der Waals surface area contributed by atoms with Crippen LogP contribution in [-0.2, 0) is 21.3 Å². The summed E-state index contributed by atoms with van der Waals surface area (Å²) < 4.78 is 3.87. The standard InChI is InChI=1S/C15H13.C13H10.C8H11.2ClH.Zr/c1-10-3-5-14-12(7-10)9-13-8-11(2)4-6-15(13)14;1-3-7-12(8-4-1)11-13-9-5-2-6-10-13;1-7(2)8-5-3-4-6-8;;;/h3-9H,1-2H3;1-10H;3,5,7H,4H2,1-2H3;2*1H;/q;;;;;+2/p-2. The molecule has 0 unspecified atom stereocenters. The zero-order valence-corrected chi connectivity index (χ0v) is 27.0. The summed E-state index contributed by atoms with van der Waals surface area (Å²) in [6.07, 6.45) is 5.98. The Morgan fingerprint density at radius 3 is 1.64 bits per heavy atom. The molecular formula is C36H34Cl2Zr. The van der Waals surface area contributed by atoms with Crippen LogP contribution >= 0.6 is 0 Å². The molecule has 196 valence electrons. The van der Waals surface area contributed by atoms with Gasteiger partial charge >= 0.3 is 231 Å². The zero-order chi connectivity index (χ0) is 25.5. The fraction of sp³-hybridized carbons (Fsp3) is 0.194. The number of rotatable bonds is 5. The Hall–Kier alpha value is -2.31. The fourth-order valence-corrected chi connectivity index (χ4v) is 16.2. The maximum absolute atomic E-state index is 2.65. The van der Waals surface area contributed by atoms with Crippen molar-refractivity contribution in [3.8, 4) is 11.1 Å². The minimum Gasteiger partial charge on any atom is -1.00 e. The normalized spacial score (nSPS) is 13.3. The Balaban J connectivity index is 0.00000176. The Kier molecular flexibility index (Phi) is 9.49. The van der Waals surface area contributed by atoms with Crippen LogP contribution in [0.4, 0.5) is 0 Å². The third kappa shape index (κ3) is 5.52.